The van der Waals surface area contributed by atoms with Crippen LogP contribution in [0.1, 0.15) is 41.4 Å². The molecule has 0 amide bonds. The smallest absolute Gasteiger partial charge is 0.0900 e. The molecule has 0 aromatic carbocycles. The molecule has 1 fully saturated rings. The summed E-state index contributed by atoms with van der Waals surface area (Å²) in [5.74, 6) is 2.61. The second-order valence-corrected chi connectivity index (χ2v) is 7.08. The van der Waals surface area contributed by atoms with Crippen LogP contribution in [0.2, 0.25) is 0 Å². The van der Waals surface area contributed by atoms with Crippen molar-refractivity contribution < 1.29 is 0 Å². The van der Waals surface area contributed by atoms with E-state index in [0.29, 0.717) is 12.1 Å². The largest absolute Gasteiger partial charge is 0.306 e. The highest BCUT2D eigenvalue weighted by atomic mass is 32.2. The van der Waals surface area contributed by atoms with Gasteiger partial charge in [-0.05, 0) is 45.1 Å². The van der Waals surface area contributed by atoms with Crippen molar-refractivity contribution in [1.82, 2.24) is 10.3 Å². The van der Waals surface area contributed by atoms with E-state index in [1.54, 1.807) is 11.3 Å². The van der Waals surface area contributed by atoms with Crippen molar-refractivity contribution in [1.29, 1.82) is 0 Å². The number of aromatic nitrogens is 1. The summed E-state index contributed by atoms with van der Waals surface area (Å²) >= 11 is 3.88. The summed E-state index contributed by atoms with van der Waals surface area (Å²) in [6, 6.07) is 1.09. The maximum atomic E-state index is 4.63. The molecule has 1 aromatic rings. The molecule has 0 spiro atoms. The van der Waals surface area contributed by atoms with Gasteiger partial charge in [0, 0.05) is 17.0 Å². The highest BCUT2D eigenvalue weighted by Crippen LogP contribution is 2.25. The summed E-state index contributed by atoms with van der Waals surface area (Å²) in [5, 5.41) is 4.90. The van der Waals surface area contributed by atoms with Crippen molar-refractivity contribution in [3.8, 4) is 0 Å². The van der Waals surface area contributed by atoms with Crippen molar-refractivity contribution in [2.75, 3.05) is 11.5 Å². The Morgan fingerprint density at radius 3 is 2.56 bits per heavy atom. The van der Waals surface area contributed by atoms with E-state index in [1.165, 1.54) is 39.9 Å². The zero-order chi connectivity index (χ0) is 11.5. The molecule has 1 aromatic heterocycles. The predicted octanol–water partition coefficient (Wildman–Crippen LogP) is 3.31. The number of aryl methyl sites for hydroxylation is 2. The molecule has 0 aliphatic carbocycles. The van der Waals surface area contributed by atoms with Crippen molar-refractivity contribution in [3.05, 3.63) is 15.6 Å². The third kappa shape index (κ3) is 2.99. The van der Waals surface area contributed by atoms with E-state index < -0.39 is 0 Å². The molecule has 2 heterocycles. The molecular formula is C12H20N2S2. The first kappa shape index (κ1) is 12.4. The number of nitrogens with zero attached hydrogens (tertiary/aromatic N) is 1. The molecule has 1 saturated heterocycles. The van der Waals surface area contributed by atoms with Crippen LogP contribution in [0, 0.1) is 13.8 Å². The maximum Gasteiger partial charge on any atom is 0.0900 e. The van der Waals surface area contributed by atoms with Crippen LogP contribution < -0.4 is 5.32 Å². The summed E-state index contributed by atoms with van der Waals surface area (Å²) < 4.78 is 0. The Kier molecular flexibility index (Phi) is 4.27. The van der Waals surface area contributed by atoms with Crippen molar-refractivity contribution in [2.45, 2.75) is 45.7 Å². The van der Waals surface area contributed by atoms with E-state index in [-0.39, 0.29) is 0 Å². The molecule has 16 heavy (non-hydrogen) atoms. The third-order valence-electron chi connectivity index (χ3n) is 3.06. The molecular weight excluding hydrogens is 236 g/mol. The fourth-order valence-electron chi connectivity index (χ4n) is 2.24. The van der Waals surface area contributed by atoms with Gasteiger partial charge in [-0.15, -0.1) is 11.3 Å². The molecule has 1 unspecified atom stereocenters. The third-order valence-corrected chi connectivity index (χ3v) is 5.01. The van der Waals surface area contributed by atoms with E-state index in [1.807, 2.05) is 0 Å². The minimum Gasteiger partial charge on any atom is -0.306 e. The van der Waals surface area contributed by atoms with Crippen LogP contribution in [0.4, 0.5) is 0 Å². The molecule has 1 N–H and O–H groups in total. The summed E-state index contributed by atoms with van der Waals surface area (Å²) in [6.07, 6.45) is 2.61. The first-order valence-corrected chi connectivity index (χ1v) is 7.91. The Hall–Kier alpha value is -0.0600. The van der Waals surface area contributed by atoms with Crippen LogP contribution in [0.3, 0.4) is 0 Å². The summed E-state index contributed by atoms with van der Waals surface area (Å²) in [7, 11) is 0. The molecule has 0 radical (unpaired) electrons. The Morgan fingerprint density at radius 1 is 1.31 bits per heavy atom. The van der Waals surface area contributed by atoms with Crippen molar-refractivity contribution >= 4 is 23.1 Å². The van der Waals surface area contributed by atoms with Gasteiger partial charge in [-0.1, -0.05) is 0 Å². The standard InChI is InChI=1S/C12H20N2S2/c1-8(12-9(2)16-10(3)14-12)13-11-4-6-15-7-5-11/h8,11,13H,4-7H2,1-3H3. The van der Waals surface area contributed by atoms with Crippen LogP contribution in [0.5, 0.6) is 0 Å². The lowest BCUT2D eigenvalue weighted by Gasteiger charge is -2.26. The van der Waals surface area contributed by atoms with Crippen molar-refractivity contribution in [2.24, 2.45) is 0 Å². The lowest BCUT2D eigenvalue weighted by atomic mass is 10.1. The molecule has 1 aliphatic heterocycles. The molecule has 0 bridgehead atoms. The molecule has 2 rings (SSSR count). The zero-order valence-corrected chi connectivity index (χ0v) is 11.9. The van der Waals surface area contributed by atoms with Crippen LogP contribution in [-0.4, -0.2) is 22.5 Å². The van der Waals surface area contributed by atoms with Crippen LogP contribution in [0.25, 0.3) is 0 Å². The van der Waals surface area contributed by atoms with Gasteiger partial charge in [0.15, 0.2) is 0 Å². The SMILES string of the molecule is Cc1nc(C(C)NC2CCSCC2)c(C)s1. The number of thiazole rings is 1. The first-order valence-electron chi connectivity index (χ1n) is 5.94. The fraction of sp³-hybridized carbons (Fsp3) is 0.750. The molecule has 2 nitrogen and oxygen atoms in total. The molecule has 1 aliphatic rings. The number of hydrogen-bond acceptors (Lipinski definition) is 4. The van der Waals surface area contributed by atoms with Gasteiger partial charge in [0.1, 0.15) is 0 Å². The molecule has 1 atom stereocenters. The van der Waals surface area contributed by atoms with Crippen LogP contribution in [0.15, 0.2) is 0 Å². The van der Waals surface area contributed by atoms with E-state index in [4.69, 9.17) is 0 Å². The van der Waals surface area contributed by atoms with Gasteiger partial charge in [0.2, 0.25) is 0 Å². The molecule has 4 heteroatoms. The van der Waals surface area contributed by atoms with Gasteiger partial charge in [-0.3, -0.25) is 0 Å². The number of rotatable bonds is 3. The average Bonchev–Trinajstić information content (AvgIpc) is 2.59. The highest BCUT2D eigenvalue weighted by molar-refractivity contribution is 7.99. The van der Waals surface area contributed by atoms with Gasteiger partial charge >= 0.3 is 0 Å². The topological polar surface area (TPSA) is 24.9 Å². The quantitative estimate of drug-likeness (QED) is 0.898. The van der Waals surface area contributed by atoms with Crippen molar-refractivity contribution in [3.63, 3.8) is 0 Å². The zero-order valence-electron chi connectivity index (χ0n) is 10.2. The fourth-order valence-corrected chi connectivity index (χ4v) is 4.26. The number of nitrogens with one attached hydrogen (secondary N) is 1. The van der Waals surface area contributed by atoms with Crippen LogP contribution >= 0.6 is 23.1 Å². The van der Waals surface area contributed by atoms with Crippen LogP contribution in [-0.2, 0) is 0 Å². The van der Waals surface area contributed by atoms with Gasteiger partial charge in [-0.25, -0.2) is 4.98 Å². The minimum atomic E-state index is 0.401. The van der Waals surface area contributed by atoms with E-state index in [2.05, 4.69) is 42.8 Å². The lowest BCUT2D eigenvalue weighted by molar-refractivity contribution is 0.426. The second-order valence-electron chi connectivity index (χ2n) is 4.45. The summed E-state index contributed by atoms with van der Waals surface area (Å²) in [6.45, 7) is 6.50. The average molecular weight is 256 g/mol. The monoisotopic (exact) mass is 256 g/mol. The Balaban J connectivity index is 1.96. The Labute approximate surface area is 106 Å². The van der Waals surface area contributed by atoms with E-state index in [9.17, 15) is 0 Å². The van der Waals surface area contributed by atoms with Gasteiger partial charge in [0.05, 0.1) is 10.7 Å². The Morgan fingerprint density at radius 2 is 2.00 bits per heavy atom. The lowest BCUT2D eigenvalue weighted by Crippen LogP contribution is -2.34. The molecule has 0 saturated carbocycles. The first-order chi connectivity index (χ1) is 7.66. The summed E-state index contributed by atoms with van der Waals surface area (Å²) in [4.78, 5) is 5.99. The predicted molar refractivity (Wildman–Crippen MR) is 73.5 cm³/mol. The normalized spacial score (nSPS) is 19.9. The highest BCUT2D eigenvalue weighted by Gasteiger charge is 2.19. The molecule has 90 valence electrons. The summed E-state index contributed by atoms with van der Waals surface area (Å²) in [5.41, 5.74) is 1.25. The van der Waals surface area contributed by atoms with Gasteiger partial charge in [0.25, 0.3) is 0 Å². The van der Waals surface area contributed by atoms with E-state index in [0.717, 1.165) is 0 Å². The maximum absolute atomic E-state index is 4.63. The minimum absolute atomic E-state index is 0.401. The van der Waals surface area contributed by atoms with Gasteiger partial charge < -0.3 is 5.32 Å². The number of thioether (sulfide) groups is 1. The number of hydrogen-bond donors (Lipinski definition) is 1. The van der Waals surface area contributed by atoms with E-state index >= 15 is 0 Å². The Bertz CT molecular complexity index is 343. The second kappa shape index (κ2) is 5.52. The van der Waals surface area contributed by atoms with Gasteiger partial charge in [-0.2, -0.15) is 11.8 Å².